The number of hydrogen-bond donors (Lipinski definition) is 4. The molecule has 4 unspecified atom stereocenters. The number of hydrogen-bond acceptors (Lipinski definition) is 7. The summed E-state index contributed by atoms with van der Waals surface area (Å²) in [4.78, 5) is 4.19. The van der Waals surface area contributed by atoms with E-state index in [4.69, 9.17) is 20.3 Å². The van der Waals surface area contributed by atoms with E-state index >= 15 is 0 Å². The van der Waals surface area contributed by atoms with Gasteiger partial charge in [0.2, 0.25) is 0 Å². The van der Waals surface area contributed by atoms with Crippen LogP contribution in [0.1, 0.15) is 12.0 Å². The van der Waals surface area contributed by atoms with Gasteiger partial charge in [-0.1, -0.05) is 42.1 Å². The number of aliphatic hydroxyl groups excluding tert-OH is 3. The molecule has 4 atom stereocenters. The third kappa shape index (κ3) is 6.04. The van der Waals surface area contributed by atoms with Crippen molar-refractivity contribution >= 4 is 16.9 Å². The molecule has 5 N–H and O–H groups in total. The maximum absolute atomic E-state index is 9.76. The average molecular weight is 356 g/mol. The molecule has 1 fully saturated rings. The highest BCUT2D eigenvalue weighted by atomic mass is 32.2. The second-order valence-corrected chi connectivity index (χ2v) is 6.64. The lowest BCUT2D eigenvalue weighted by Crippen LogP contribution is -2.49. The molecule has 0 aliphatic carbocycles. The second kappa shape index (κ2) is 9.97. The van der Waals surface area contributed by atoms with Crippen molar-refractivity contribution in [3.63, 3.8) is 0 Å². The smallest absolute Gasteiger partial charge is 0.156 e. The molecule has 24 heavy (non-hydrogen) atoms. The first-order valence-electron chi connectivity index (χ1n) is 7.81. The molecule has 1 aromatic rings. The second-order valence-electron chi connectivity index (χ2n) is 5.46. The molecule has 1 aliphatic heterocycles. The van der Waals surface area contributed by atoms with Crippen LogP contribution in [0.25, 0.3) is 0 Å². The van der Waals surface area contributed by atoms with Gasteiger partial charge in [0.25, 0.3) is 0 Å². The van der Waals surface area contributed by atoms with E-state index in [2.05, 4.69) is 4.99 Å². The highest BCUT2D eigenvalue weighted by Gasteiger charge is 2.36. The number of ether oxygens (including phenoxy) is 2. The standard InChI is InChI=1S/C16H24N2O5S/c17-16(18-6-7-22-10-11-4-2-1-3-5-11)24-14-8-12(20)15(21)13(9-19)23-14/h1-5,12-15,19-21H,6-10H2,(H2,17,18). The van der Waals surface area contributed by atoms with Crippen LogP contribution in [0.3, 0.4) is 0 Å². The molecule has 0 aromatic heterocycles. The van der Waals surface area contributed by atoms with Crippen molar-refractivity contribution < 1.29 is 24.8 Å². The predicted octanol–water partition coefficient (Wildman–Crippen LogP) is 0.0802. The summed E-state index contributed by atoms with van der Waals surface area (Å²) in [6.07, 6.45) is -2.62. The van der Waals surface area contributed by atoms with Gasteiger partial charge in [0.05, 0.1) is 32.5 Å². The van der Waals surface area contributed by atoms with Crippen LogP contribution in [0, 0.1) is 0 Å². The van der Waals surface area contributed by atoms with Crippen molar-refractivity contribution in [3.05, 3.63) is 35.9 Å². The molecule has 2 rings (SSSR count). The summed E-state index contributed by atoms with van der Waals surface area (Å²) in [5.74, 6) is 0. The Morgan fingerprint density at radius 1 is 1.33 bits per heavy atom. The third-order valence-electron chi connectivity index (χ3n) is 3.58. The van der Waals surface area contributed by atoms with E-state index in [1.807, 2.05) is 30.3 Å². The summed E-state index contributed by atoms with van der Waals surface area (Å²) in [7, 11) is 0. The molecule has 7 nitrogen and oxygen atoms in total. The highest BCUT2D eigenvalue weighted by Crippen LogP contribution is 2.27. The summed E-state index contributed by atoms with van der Waals surface area (Å²) in [5.41, 5.74) is 6.49. The molecule has 0 bridgehead atoms. The van der Waals surface area contributed by atoms with Gasteiger partial charge < -0.3 is 30.5 Å². The van der Waals surface area contributed by atoms with Gasteiger partial charge in [-0.25, -0.2) is 0 Å². The van der Waals surface area contributed by atoms with Crippen LogP contribution in [0.4, 0.5) is 0 Å². The first-order valence-corrected chi connectivity index (χ1v) is 8.69. The van der Waals surface area contributed by atoms with E-state index in [0.717, 1.165) is 5.56 Å². The van der Waals surface area contributed by atoms with Crippen molar-refractivity contribution in [1.82, 2.24) is 0 Å². The van der Waals surface area contributed by atoms with Crippen molar-refractivity contribution in [1.29, 1.82) is 0 Å². The third-order valence-corrected chi connectivity index (χ3v) is 4.52. The van der Waals surface area contributed by atoms with E-state index in [-0.39, 0.29) is 13.0 Å². The Balaban J connectivity index is 1.68. The first-order chi connectivity index (χ1) is 11.6. The Bertz CT molecular complexity index is 516. The molecule has 0 saturated carbocycles. The minimum absolute atomic E-state index is 0.225. The fourth-order valence-corrected chi connectivity index (χ4v) is 3.23. The first kappa shape index (κ1) is 19.2. The lowest BCUT2D eigenvalue weighted by atomic mass is 10.0. The number of aliphatic imine (C=N–C) groups is 1. The normalized spacial score (nSPS) is 28.0. The van der Waals surface area contributed by atoms with Gasteiger partial charge in [0.15, 0.2) is 5.17 Å². The quantitative estimate of drug-likeness (QED) is 0.310. The Labute approximate surface area is 145 Å². The predicted molar refractivity (Wildman–Crippen MR) is 92.6 cm³/mol. The highest BCUT2D eigenvalue weighted by molar-refractivity contribution is 8.14. The lowest BCUT2D eigenvalue weighted by Gasteiger charge is -2.35. The van der Waals surface area contributed by atoms with E-state index in [9.17, 15) is 10.2 Å². The van der Waals surface area contributed by atoms with Gasteiger partial charge in [0.1, 0.15) is 17.6 Å². The Morgan fingerprint density at radius 2 is 2.08 bits per heavy atom. The number of thioether (sulfide) groups is 1. The largest absolute Gasteiger partial charge is 0.394 e. The summed E-state index contributed by atoms with van der Waals surface area (Å²) in [5, 5.41) is 28.9. The maximum Gasteiger partial charge on any atom is 0.156 e. The zero-order valence-corrected chi connectivity index (χ0v) is 14.1. The van der Waals surface area contributed by atoms with Crippen molar-refractivity contribution in [2.75, 3.05) is 19.8 Å². The molecular weight excluding hydrogens is 332 g/mol. The fourth-order valence-electron chi connectivity index (χ4n) is 2.30. The molecule has 1 heterocycles. The van der Waals surface area contributed by atoms with Crippen LogP contribution >= 0.6 is 11.8 Å². The van der Waals surface area contributed by atoms with E-state index in [1.165, 1.54) is 11.8 Å². The average Bonchev–Trinajstić information content (AvgIpc) is 2.58. The molecule has 0 spiro atoms. The van der Waals surface area contributed by atoms with Crippen LogP contribution < -0.4 is 5.73 Å². The van der Waals surface area contributed by atoms with Crippen molar-refractivity contribution in [2.45, 2.75) is 36.8 Å². The Morgan fingerprint density at radius 3 is 2.79 bits per heavy atom. The van der Waals surface area contributed by atoms with Gasteiger partial charge in [-0.05, 0) is 5.56 Å². The summed E-state index contributed by atoms with van der Waals surface area (Å²) >= 11 is 1.17. The van der Waals surface area contributed by atoms with Gasteiger partial charge in [0, 0.05) is 6.42 Å². The Hall–Kier alpha value is -1.16. The van der Waals surface area contributed by atoms with E-state index < -0.39 is 23.7 Å². The van der Waals surface area contributed by atoms with Crippen LogP contribution in [0.5, 0.6) is 0 Å². The molecule has 1 aliphatic rings. The van der Waals surface area contributed by atoms with Crippen molar-refractivity contribution in [2.24, 2.45) is 10.7 Å². The minimum atomic E-state index is -1.09. The molecule has 134 valence electrons. The maximum atomic E-state index is 9.76. The number of aliphatic hydroxyl groups is 3. The van der Waals surface area contributed by atoms with Gasteiger partial charge >= 0.3 is 0 Å². The van der Waals surface area contributed by atoms with Gasteiger partial charge in [-0.2, -0.15) is 0 Å². The zero-order chi connectivity index (χ0) is 17.4. The van der Waals surface area contributed by atoms with Gasteiger partial charge in [-0.15, -0.1) is 0 Å². The topological polar surface area (TPSA) is 118 Å². The lowest BCUT2D eigenvalue weighted by molar-refractivity contribution is -0.156. The molecule has 0 radical (unpaired) electrons. The molecule has 1 aromatic carbocycles. The monoisotopic (exact) mass is 356 g/mol. The van der Waals surface area contributed by atoms with E-state index in [1.54, 1.807) is 0 Å². The SMILES string of the molecule is NC(=NCCOCc1ccccc1)SC1CC(O)C(O)C(CO)O1. The van der Waals surface area contributed by atoms with Crippen LogP contribution in [-0.2, 0) is 16.1 Å². The van der Waals surface area contributed by atoms with E-state index in [0.29, 0.717) is 24.9 Å². The van der Waals surface area contributed by atoms with Crippen LogP contribution in [0.15, 0.2) is 35.3 Å². The number of nitrogens with two attached hydrogens (primary N) is 1. The summed E-state index contributed by atoms with van der Waals surface area (Å²) in [6.45, 7) is 1.03. The molecule has 1 saturated heterocycles. The van der Waals surface area contributed by atoms with Crippen LogP contribution in [-0.4, -0.2) is 64.0 Å². The Kier molecular flexibility index (Phi) is 7.97. The number of nitrogens with zero attached hydrogens (tertiary/aromatic N) is 1. The van der Waals surface area contributed by atoms with Gasteiger partial charge in [-0.3, -0.25) is 4.99 Å². The fraction of sp³-hybridized carbons (Fsp3) is 0.562. The number of rotatable bonds is 7. The number of amidine groups is 1. The number of benzene rings is 1. The molecular formula is C16H24N2O5S. The molecule has 8 heteroatoms. The summed E-state index contributed by atoms with van der Waals surface area (Å²) in [6, 6.07) is 9.86. The van der Waals surface area contributed by atoms with Crippen molar-refractivity contribution in [3.8, 4) is 0 Å². The minimum Gasteiger partial charge on any atom is -0.394 e. The molecule has 0 amide bonds. The van der Waals surface area contributed by atoms with Crippen LogP contribution in [0.2, 0.25) is 0 Å². The zero-order valence-electron chi connectivity index (χ0n) is 13.3. The summed E-state index contributed by atoms with van der Waals surface area (Å²) < 4.78 is 11.0.